The molecule has 1 N–H and O–H groups in total. The lowest BCUT2D eigenvalue weighted by Crippen LogP contribution is -2.21. The lowest BCUT2D eigenvalue weighted by atomic mass is 10.0. The highest BCUT2D eigenvalue weighted by Gasteiger charge is 2.16. The molecule has 0 heterocycles. The molecular formula is C18H18F3NO2. The number of hydrogen-bond donors (Lipinski definition) is 1. The second kappa shape index (κ2) is 7.38. The number of anilines is 1. The summed E-state index contributed by atoms with van der Waals surface area (Å²) in [7, 11) is 0. The van der Waals surface area contributed by atoms with Crippen LogP contribution in [0.15, 0.2) is 30.3 Å². The van der Waals surface area contributed by atoms with Gasteiger partial charge in [0.1, 0.15) is 5.75 Å². The fourth-order valence-electron chi connectivity index (χ4n) is 2.20. The number of ether oxygens (including phenoxy) is 1. The van der Waals surface area contributed by atoms with Crippen molar-refractivity contribution in [3.8, 4) is 5.75 Å². The van der Waals surface area contributed by atoms with E-state index in [0.717, 1.165) is 23.3 Å². The van der Waals surface area contributed by atoms with Crippen molar-refractivity contribution in [3.63, 3.8) is 0 Å². The molecule has 0 spiro atoms. The zero-order valence-electron chi connectivity index (χ0n) is 13.6. The first-order chi connectivity index (χ1) is 11.3. The molecule has 0 fully saturated rings. The molecular weight excluding hydrogens is 319 g/mol. The molecule has 3 nitrogen and oxygen atoms in total. The van der Waals surface area contributed by atoms with Gasteiger partial charge < -0.3 is 10.1 Å². The van der Waals surface area contributed by atoms with Crippen molar-refractivity contribution in [2.75, 3.05) is 11.9 Å². The van der Waals surface area contributed by atoms with E-state index in [4.69, 9.17) is 4.74 Å². The summed E-state index contributed by atoms with van der Waals surface area (Å²) in [4.78, 5) is 11.9. The van der Waals surface area contributed by atoms with E-state index < -0.39 is 29.0 Å². The van der Waals surface area contributed by atoms with Crippen molar-refractivity contribution < 1.29 is 22.7 Å². The van der Waals surface area contributed by atoms with Crippen molar-refractivity contribution >= 4 is 11.6 Å². The Morgan fingerprint density at radius 3 is 2.50 bits per heavy atom. The van der Waals surface area contributed by atoms with Crippen molar-refractivity contribution in [1.82, 2.24) is 0 Å². The lowest BCUT2D eigenvalue weighted by molar-refractivity contribution is -0.118. The summed E-state index contributed by atoms with van der Waals surface area (Å²) in [5, 5.41) is 2.17. The summed E-state index contributed by atoms with van der Waals surface area (Å²) in [6, 6.07) is 7.37. The molecule has 1 amide bonds. The lowest BCUT2D eigenvalue weighted by Gasteiger charge is -2.15. The zero-order chi connectivity index (χ0) is 17.9. The van der Waals surface area contributed by atoms with Gasteiger partial charge in [-0.25, -0.2) is 13.2 Å². The molecule has 0 aromatic heterocycles. The van der Waals surface area contributed by atoms with Gasteiger partial charge in [-0.15, -0.1) is 0 Å². The van der Waals surface area contributed by atoms with E-state index in [-0.39, 0.29) is 12.5 Å². The van der Waals surface area contributed by atoms with E-state index in [1.54, 1.807) is 6.07 Å². The summed E-state index contributed by atoms with van der Waals surface area (Å²) < 4.78 is 45.1. The highest BCUT2D eigenvalue weighted by atomic mass is 19.2. The maximum absolute atomic E-state index is 13.5. The van der Waals surface area contributed by atoms with Crippen LogP contribution in [-0.4, -0.2) is 12.5 Å². The summed E-state index contributed by atoms with van der Waals surface area (Å²) in [6.07, 6.45) is 0. The molecule has 0 aliphatic heterocycles. The Morgan fingerprint density at radius 1 is 1.12 bits per heavy atom. The summed E-state index contributed by atoms with van der Waals surface area (Å²) in [5.41, 5.74) is 1.48. The smallest absolute Gasteiger partial charge is 0.262 e. The fraction of sp³-hybridized carbons (Fsp3) is 0.278. The third-order valence-corrected chi connectivity index (χ3v) is 3.46. The molecule has 2 rings (SSSR count). The van der Waals surface area contributed by atoms with Crippen LogP contribution in [0, 0.1) is 24.4 Å². The topological polar surface area (TPSA) is 38.3 Å². The number of amides is 1. The molecule has 24 heavy (non-hydrogen) atoms. The Kier molecular flexibility index (Phi) is 5.49. The predicted octanol–water partition coefficient (Wildman–Crippen LogP) is 4.55. The molecule has 2 aromatic rings. The van der Waals surface area contributed by atoms with Gasteiger partial charge in [-0.05, 0) is 42.2 Å². The standard InChI is InChI=1S/C18H18F3NO2/c1-10(2)12-5-4-11(3)8-15(12)24-9-16(23)22-14-7-6-13(19)17(20)18(14)21/h4-8,10H,9H2,1-3H3,(H,22,23). The van der Waals surface area contributed by atoms with Crippen LogP contribution in [0.5, 0.6) is 5.75 Å². The number of hydrogen-bond acceptors (Lipinski definition) is 2. The van der Waals surface area contributed by atoms with Crippen LogP contribution >= 0.6 is 0 Å². The molecule has 0 aliphatic rings. The SMILES string of the molecule is Cc1ccc(C(C)C)c(OCC(=O)Nc2ccc(F)c(F)c2F)c1. The average Bonchev–Trinajstić information content (AvgIpc) is 2.53. The van der Waals surface area contributed by atoms with E-state index in [9.17, 15) is 18.0 Å². The van der Waals surface area contributed by atoms with Crippen LogP contribution in [0.25, 0.3) is 0 Å². The Hall–Kier alpha value is -2.50. The van der Waals surface area contributed by atoms with Gasteiger partial charge in [-0.3, -0.25) is 4.79 Å². The van der Waals surface area contributed by atoms with Crippen LogP contribution in [0.2, 0.25) is 0 Å². The van der Waals surface area contributed by atoms with E-state index in [0.29, 0.717) is 5.75 Å². The van der Waals surface area contributed by atoms with Crippen molar-refractivity contribution in [3.05, 3.63) is 58.9 Å². The van der Waals surface area contributed by atoms with Crippen LogP contribution < -0.4 is 10.1 Å². The Labute approximate surface area is 138 Å². The highest BCUT2D eigenvalue weighted by molar-refractivity contribution is 5.92. The summed E-state index contributed by atoms with van der Waals surface area (Å²) >= 11 is 0. The molecule has 2 aromatic carbocycles. The van der Waals surface area contributed by atoms with Crippen LogP contribution in [0.4, 0.5) is 18.9 Å². The van der Waals surface area contributed by atoms with Gasteiger partial charge >= 0.3 is 0 Å². The molecule has 0 saturated carbocycles. The van der Waals surface area contributed by atoms with Gasteiger partial charge in [0.05, 0.1) is 5.69 Å². The van der Waals surface area contributed by atoms with Gasteiger partial charge in [0.25, 0.3) is 5.91 Å². The number of benzene rings is 2. The maximum Gasteiger partial charge on any atom is 0.262 e. The Bertz CT molecular complexity index is 760. The molecule has 0 aliphatic carbocycles. The van der Waals surface area contributed by atoms with Crippen molar-refractivity contribution in [2.24, 2.45) is 0 Å². The molecule has 128 valence electrons. The minimum atomic E-state index is -1.63. The average molecular weight is 337 g/mol. The quantitative estimate of drug-likeness (QED) is 0.813. The number of nitrogens with one attached hydrogen (secondary N) is 1. The largest absolute Gasteiger partial charge is 0.483 e. The second-order valence-electron chi connectivity index (χ2n) is 5.76. The Morgan fingerprint density at radius 2 is 1.83 bits per heavy atom. The molecule has 0 unspecified atom stereocenters. The maximum atomic E-state index is 13.5. The zero-order valence-corrected chi connectivity index (χ0v) is 13.6. The van der Waals surface area contributed by atoms with E-state index in [1.807, 2.05) is 32.9 Å². The number of rotatable bonds is 5. The van der Waals surface area contributed by atoms with Crippen LogP contribution in [0.1, 0.15) is 30.9 Å². The van der Waals surface area contributed by atoms with Gasteiger partial charge in [0, 0.05) is 0 Å². The first-order valence-electron chi connectivity index (χ1n) is 7.46. The van der Waals surface area contributed by atoms with Gasteiger partial charge in [-0.1, -0.05) is 26.0 Å². The molecule has 0 atom stereocenters. The van der Waals surface area contributed by atoms with E-state index in [1.165, 1.54) is 0 Å². The summed E-state index contributed by atoms with van der Waals surface area (Å²) in [5.74, 6) is -4.30. The number of carbonyl (C=O) groups excluding carboxylic acids is 1. The van der Waals surface area contributed by atoms with Crippen LogP contribution in [0.3, 0.4) is 0 Å². The molecule has 6 heteroatoms. The van der Waals surface area contributed by atoms with Crippen molar-refractivity contribution in [1.29, 1.82) is 0 Å². The minimum absolute atomic E-state index is 0.201. The second-order valence-corrected chi connectivity index (χ2v) is 5.76. The monoisotopic (exact) mass is 337 g/mol. The highest BCUT2D eigenvalue weighted by Crippen LogP contribution is 2.27. The summed E-state index contributed by atoms with van der Waals surface area (Å²) in [6.45, 7) is 5.51. The normalized spacial score (nSPS) is 10.8. The molecule has 0 bridgehead atoms. The van der Waals surface area contributed by atoms with E-state index in [2.05, 4.69) is 5.32 Å². The fourth-order valence-corrected chi connectivity index (χ4v) is 2.20. The first-order valence-corrected chi connectivity index (χ1v) is 7.46. The van der Waals surface area contributed by atoms with E-state index >= 15 is 0 Å². The number of aryl methyl sites for hydroxylation is 1. The molecule has 0 radical (unpaired) electrons. The third kappa shape index (κ3) is 4.07. The number of halogens is 3. The first kappa shape index (κ1) is 17.8. The number of carbonyl (C=O) groups is 1. The predicted molar refractivity (Wildman–Crippen MR) is 85.7 cm³/mol. The van der Waals surface area contributed by atoms with Crippen molar-refractivity contribution in [2.45, 2.75) is 26.7 Å². The van der Waals surface area contributed by atoms with Gasteiger partial charge in [0.2, 0.25) is 0 Å². The van der Waals surface area contributed by atoms with Gasteiger partial charge in [-0.2, -0.15) is 0 Å². The Balaban J connectivity index is 2.07. The molecule has 0 saturated heterocycles. The van der Waals surface area contributed by atoms with Crippen LogP contribution in [-0.2, 0) is 4.79 Å². The van der Waals surface area contributed by atoms with Gasteiger partial charge in [0.15, 0.2) is 24.1 Å². The minimum Gasteiger partial charge on any atom is -0.483 e. The third-order valence-electron chi connectivity index (χ3n) is 3.46.